The molecule has 0 saturated carbocycles. The standard InChI is InChI=1S/C19H20Cl4N2O3S/c1-3-4-8-19(23)18(17-11(20)6-5-7-15(17)25(19)2)28-29(26,27)16-10-12(21)14(24)9-13(16)22/h5-7,9-10,18H,3-4,8,24H2,1-2H3. The molecule has 0 aliphatic carbocycles. The molecule has 3 rings (SSSR count). The predicted molar refractivity (Wildman–Crippen MR) is 120 cm³/mol. The number of alkyl halides is 1. The van der Waals surface area contributed by atoms with Crippen molar-refractivity contribution in [3.63, 3.8) is 0 Å². The minimum absolute atomic E-state index is 0.0571. The highest BCUT2D eigenvalue weighted by atomic mass is 35.5. The van der Waals surface area contributed by atoms with Gasteiger partial charge in [0.05, 0.1) is 15.7 Å². The first-order chi connectivity index (χ1) is 13.5. The summed E-state index contributed by atoms with van der Waals surface area (Å²) in [5.41, 5.74) is 7.10. The molecule has 1 aliphatic heterocycles. The normalized spacial score (nSPS) is 21.4. The Labute approximate surface area is 190 Å². The van der Waals surface area contributed by atoms with Crippen LogP contribution in [0.2, 0.25) is 15.1 Å². The maximum absolute atomic E-state index is 13.1. The minimum atomic E-state index is -4.33. The van der Waals surface area contributed by atoms with Gasteiger partial charge in [-0.1, -0.05) is 72.2 Å². The average Bonchev–Trinajstić information content (AvgIpc) is 2.86. The van der Waals surface area contributed by atoms with E-state index >= 15 is 0 Å². The maximum Gasteiger partial charge on any atom is 0.299 e. The van der Waals surface area contributed by atoms with Gasteiger partial charge in [0.2, 0.25) is 0 Å². The Hall–Kier alpha value is -0.890. The van der Waals surface area contributed by atoms with Crippen LogP contribution in [0.3, 0.4) is 0 Å². The van der Waals surface area contributed by atoms with Gasteiger partial charge >= 0.3 is 0 Å². The number of halogens is 4. The van der Waals surface area contributed by atoms with Crippen molar-refractivity contribution in [3.05, 3.63) is 51.0 Å². The van der Waals surface area contributed by atoms with Crippen molar-refractivity contribution in [2.45, 2.75) is 42.2 Å². The van der Waals surface area contributed by atoms with Crippen molar-refractivity contribution in [2.24, 2.45) is 0 Å². The van der Waals surface area contributed by atoms with E-state index in [9.17, 15) is 8.42 Å². The zero-order chi connectivity index (χ0) is 21.6. The fraction of sp³-hybridized carbons (Fsp3) is 0.368. The Morgan fingerprint density at radius 2 is 1.86 bits per heavy atom. The highest BCUT2D eigenvalue weighted by Gasteiger charge is 2.52. The van der Waals surface area contributed by atoms with Crippen LogP contribution in [0.25, 0.3) is 0 Å². The quantitative estimate of drug-likeness (QED) is 0.221. The van der Waals surface area contributed by atoms with E-state index in [2.05, 4.69) is 0 Å². The lowest BCUT2D eigenvalue weighted by atomic mass is 10.0. The zero-order valence-electron chi connectivity index (χ0n) is 15.8. The number of fused-ring (bicyclic) bond motifs is 1. The molecule has 1 aliphatic rings. The molecule has 2 atom stereocenters. The summed E-state index contributed by atoms with van der Waals surface area (Å²) in [6.07, 6.45) is 1.10. The average molecular weight is 498 g/mol. The van der Waals surface area contributed by atoms with Crippen LogP contribution in [0.5, 0.6) is 0 Å². The Bertz CT molecular complexity index is 1050. The van der Waals surface area contributed by atoms with Gasteiger partial charge in [-0.05, 0) is 30.7 Å². The zero-order valence-corrected chi connectivity index (χ0v) is 19.6. The summed E-state index contributed by atoms with van der Waals surface area (Å²) in [5.74, 6) is 0. The second-order valence-electron chi connectivity index (χ2n) is 6.89. The van der Waals surface area contributed by atoms with Crippen molar-refractivity contribution in [3.8, 4) is 0 Å². The molecule has 2 unspecified atom stereocenters. The van der Waals surface area contributed by atoms with E-state index < -0.39 is 21.2 Å². The summed E-state index contributed by atoms with van der Waals surface area (Å²) in [6.45, 7) is 2.03. The first-order valence-electron chi connectivity index (χ1n) is 8.92. The van der Waals surface area contributed by atoms with Gasteiger partial charge in [-0.2, -0.15) is 8.42 Å². The Kier molecular flexibility index (Phi) is 6.54. The third-order valence-electron chi connectivity index (χ3n) is 5.04. The first kappa shape index (κ1) is 22.8. The van der Waals surface area contributed by atoms with Crippen LogP contribution in [-0.4, -0.2) is 20.5 Å². The first-order valence-corrected chi connectivity index (χ1v) is 11.8. The molecule has 2 N–H and O–H groups in total. The molecule has 0 spiro atoms. The van der Waals surface area contributed by atoms with Crippen LogP contribution < -0.4 is 10.6 Å². The highest BCUT2D eigenvalue weighted by Crippen LogP contribution is 2.55. The van der Waals surface area contributed by atoms with Crippen molar-refractivity contribution in [1.82, 2.24) is 0 Å². The molecule has 2 aromatic carbocycles. The van der Waals surface area contributed by atoms with E-state index in [1.165, 1.54) is 12.1 Å². The number of hydrogen-bond acceptors (Lipinski definition) is 5. The van der Waals surface area contributed by atoms with Crippen LogP contribution in [0, 0.1) is 0 Å². The minimum Gasteiger partial charge on any atom is -0.397 e. The molecule has 5 nitrogen and oxygen atoms in total. The molecule has 29 heavy (non-hydrogen) atoms. The van der Waals surface area contributed by atoms with E-state index in [0.717, 1.165) is 12.8 Å². The van der Waals surface area contributed by atoms with Crippen LogP contribution in [0.4, 0.5) is 11.4 Å². The number of unbranched alkanes of at least 4 members (excludes halogenated alkanes) is 1. The molecule has 158 valence electrons. The number of benzene rings is 2. The second kappa shape index (κ2) is 8.33. The number of nitrogen functional groups attached to an aromatic ring is 1. The third kappa shape index (κ3) is 4.03. The molecule has 0 bridgehead atoms. The lowest BCUT2D eigenvalue weighted by Gasteiger charge is -2.35. The van der Waals surface area contributed by atoms with Gasteiger partial charge < -0.3 is 10.6 Å². The molecule has 0 fully saturated rings. The molecule has 10 heteroatoms. The van der Waals surface area contributed by atoms with Gasteiger partial charge in [-0.15, -0.1) is 0 Å². The van der Waals surface area contributed by atoms with E-state index in [-0.39, 0.29) is 20.6 Å². The Morgan fingerprint density at radius 3 is 2.52 bits per heavy atom. The summed E-state index contributed by atoms with van der Waals surface area (Å²) in [6, 6.07) is 7.72. The number of rotatable bonds is 6. The summed E-state index contributed by atoms with van der Waals surface area (Å²) in [5, 5.41) is 0.336. The third-order valence-corrected chi connectivity index (χ3v) is 8.08. The highest BCUT2D eigenvalue weighted by molar-refractivity contribution is 7.87. The van der Waals surface area contributed by atoms with Gasteiger partial charge in [0, 0.05) is 23.3 Å². The van der Waals surface area contributed by atoms with Gasteiger partial charge in [0.1, 0.15) is 16.0 Å². The van der Waals surface area contributed by atoms with Crippen LogP contribution >= 0.6 is 46.4 Å². The molecular weight excluding hydrogens is 478 g/mol. The van der Waals surface area contributed by atoms with E-state index in [0.29, 0.717) is 22.7 Å². The van der Waals surface area contributed by atoms with Crippen LogP contribution in [0.1, 0.15) is 37.9 Å². The van der Waals surface area contributed by atoms with Crippen LogP contribution in [0.15, 0.2) is 35.2 Å². The SMILES string of the molecule is CCCCC1(Cl)C(OS(=O)(=O)c2cc(Cl)c(N)cc2Cl)c2c(Cl)cccc2N1C. The number of anilines is 2. The number of likely N-dealkylation sites (N-methyl/N-ethyl adjacent to an activating group) is 1. The van der Waals surface area contributed by atoms with Gasteiger partial charge in [0.25, 0.3) is 10.1 Å². The van der Waals surface area contributed by atoms with Crippen molar-refractivity contribution in [2.75, 3.05) is 17.7 Å². The van der Waals surface area contributed by atoms with Gasteiger partial charge in [0.15, 0.2) is 0 Å². The fourth-order valence-corrected chi connectivity index (χ4v) is 5.99. The predicted octanol–water partition coefficient (Wildman–Crippen LogP) is 6.25. The summed E-state index contributed by atoms with van der Waals surface area (Å²) < 4.78 is 32.0. The number of hydrogen-bond donors (Lipinski definition) is 1. The van der Waals surface area contributed by atoms with E-state index in [4.69, 9.17) is 56.3 Å². The Morgan fingerprint density at radius 1 is 1.17 bits per heavy atom. The largest absolute Gasteiger partial charge is 0.397 e. The number of nitrogens with zero attached hydrogens (tertiary/aromatic N) is 1. The topological polar surface area (TPSA) is 72.6 Å². The lowest BCUT2D eigenvalue weighted by Crippen LogP contribution is -2.43. The van der Waals surface area contributed by atoms with Crippen molar-refractivity contribution >= 4 is 67.9 Å². The molecule has 1 heterocycles. The smallest absolute Gasteiger partial charge is 0.299 e. The monoisotopic (exact) mass is 496 g/mol. The second-order valence-corrected chi connectivity index (χ2v) is 10.3. The van der Waals surface area contributed by atoms with E-state index in [1.54, 1.807) is 19.2 Å². The van der Waals surface area contributed by atoms with Gasteiger partial charge in [-0.3, -0.25) is 4.18 Å². The van der Waals surface area contributed by atoms with Gasteiger partial charge in [-0.25, -0.2) is 0 Å². The molecular formula is C19H20Cl4N2O3S. The molecule has 0 radical (unpaired) electrons. The summed E-state index contributed by atoms with van der Waals surface area (Å²) >= 11 is 25.5. The molecule has 0 amide bonds. The molecule has 0 saturated heterocycles. The van der Waals surface area contributed by atoms with Crippen LogP contribution in [-0.2, 0) is 14.3 Å². The lowest BCUT2D eigenvalue weighted by molar-refractivity contribution is 0.165. The molecule has 2 aromatic rings. The van der Waals surface area contributed by atoms with Crippen molar-refractivity contribution < 1.29 is 12.6 Å². The molecule has 0 aromatic heterocycles. The Balaban J connectivity index is 2.11. The maximum atomic E-state index is 13.1. The summed E-state index contributed by atoms with van der Waals surface area (Å²) in [7, 11) is -2.54. The van der Waals surface area contributed by atoms with E-state index in [1.807, 2.05) is 17.9 Å². The number of nitrogens with two attached hydrogens (primary N) is 1. The summed E-state index contributed by atoms with van der Waals surface area (Å²) in [4.78, 5) is 0.389. The van der Waals surface area contributed by atoms with Crippen molar-refractivity contribution in [1.29, 1.82) is 0 Å². The fourth-order valence-electron chi connectivity index (χ4n) is 3.43.